The van der Waals surface area contributed by atoms with Gasteiger partial charge in [0, 0.05) is 26.4 Å². The zero-order chi connectivity index (χ0) is 18.6. The van der Waals surface area contributed by atoms with E-state index in [1.165, 1.54) is 20.6 Å². The van der Waals surface area contributed by atoms with E-state index in [2.05, 4.69) is 0 Å². The van der Waals surface area contributed by atoms with E-state index in [1.807, 2.05) is 12.2 Å². The van der Waals surface area contributed by atoms with Gasteiger partial charge in [-0.25, -0.2) is 4.79 Å². The van der Waals surface area contributed by atoms with E-state index in [-0.39, 0.29) is 12.9 Å². The van der Waals surface area contributed by atoms with Gasteiger partial charge in [-0.05, 0) is 44.6 Å². The lowest BCUT2D eigenvalue weighted by atomic mass is 10.2. The van der Waals surface area contributed by atoms with Crippen molar-refractivity contribution in [1.82, 2.24) is 0 Å². The first-order valence-corrected chi connectivity index (χ1v) is 9.34. The van der Waals surface area contributed by atoms with E-state index in [9.17, 15) is 4.79 Å². The van der Waals surface area contributed by atoms with Crippen LogP contribution in [0.2, 0.25) is 0 Å². The predicted octanol–water partition coefficient (Wildman–Crippen LogP) is 3.91. The van der Waals surface area contributed by atoms with Crippen molar-refractivity contribution >= 4 is 6.08 Å². The summed E-state index contributed by atoms with van der Waals surface area (Å²) >= 11 is 0. The van der Waals surface area contributed by atoms with Crippen LogP contribution >= 0.6 is 0 Å². The highest BCUT2D eigenvalue weighted by Gasteiger charge is 2.13. The average Bonchev–Trinajstić information content (AvgIpc) is 2.66. The molecule has 2 heterocycles. The zero-order valence-corrected chi connectivity index (χ0v) is 15.8. The van der Waals surface area contributed by atoms with Crippen LogP contribution < -0.4 is 10.4 Å². The molecule has 26 heavy (non-hydrogen) atoms. The van der Waals surface area contributed by atoms with Crippen molar-refractivity contribution in [3.63, 3.8) is 0 Å². The lowest BCUT2D eigenvalue weighted by molar-refractivity contribution is -0.162. The summed E-state index contributed by atoms with van der Waals surface area (Å²) in [6.45, 7) is 1.74. The number of methoxy groups -OCH3 is 2. The third kappa shape index (κ3) is 6.94. The van der Waals surface area contributed by atoms with E-state index >= 15 is 0 Å². The predicted molar refractivity (Wildman–Crippen MR) is 99.3 cm³/mol. The second kappa shape index (κ2) is 11.9. The largest absolute Gasteiger partial charge is 0.496 e. The minimum atomic E-state index is -0.423. The summed E-state index contributed by atoms with van der Waals surface area (Å²) in [7, 11) is 3.06. The van der Waals surface area contributed by atoms with Gasteiger partial charge in [0.15, 0.2) is 6.29 Å². The van der Waals surface area contributed by atoms with Crippen LogP contribution in [0.4, 0.5) is 0 Å². The third-order valence-corrected chi connectivity index (χ3v) is 4.28. The van der Waals surface area contributed by atoms with Gasteiger partial charge in [-0.3, -0.25) is 0 Å². The van der Waals surface area contributed by atoms with Crippen LogP contribution in [-0.2, 0) is 20.8 Å². The number of hydrogen-bond acceptors (Lipinski definition) is 6. The fraction of sp³-hybridized carbons (Fsp3) is 0.650. The van der Waals surface area contributed by atoms with Gasteiger partial charge >= 0.3 is 5.63 Å². The van der Waals surface area contributed by atoms with Crippen LogP contribution in [0.25, 0.3) is 6.08 Å². The molecule has 1 saturated heterocycles. The SMILES string of the molecule is COCc1c(OC)cc(/C=C/CCCCCOC2CCCCO2)oc1=O. The Hall–Kier alpha value is -1.63. The van der Waals surface area contributed by atoms with E-state index in [1.54, 1.807) is 6.07 Å². The molecule has 1 unspecified atom stereocenters. The van der Waals surface area contributed by atoms with E-state index < -0.39 is 5.63 Å². The minimum Gasteiger partial charge on any atom is -0.496 e. The summed E-state index contributed by atoms with van der Waals surface area (Å²) in [6, 6.07) is 1.71. The number of rotatable bonds is 11. The maximum absolute atomic E-state index is 12.0. The van der Waals surface area contributed by atoms with Crippen molar-refractivity contribution in [2.75, 3.05) is 27.4 Å². The molecular formula is C20H30O6. The van der Waals surface area contributed by atoms with Gasteiger partial charge in [-0.2, -0.15) is 0 Å². The maximum Gasteiger partial charge on any atom is 0.345 e. The third-order valence-electron chi connectivity index (χ3n) is 4.28. The van der Waals surface area contributed by atoms with Gasteiger partial charge < -0.3 is 23.4 Å². The van der Waals surface area contributed by atoms with Crippen molar-refractivity contribution in [2.24, 2.45) is 0 Å². The normalized spacial score (nSPS) is 17.7. The quantitative estimate of drug-likeness (QED) is 0.553. The first-order valence-electron chi connectivity index (χ1n) is 9.34. The fourth-order valence-electron chi connectivity index (χ4n) is 2.85. The summed E-state index contributed by atoms with van der Waals surface area (Å²) < 4.78 is 26.8. The second-order valence-corrected chi connectivity index (χ2v) is 6.33. The number of unbranched alkanes of at least 4 members (excludes halogenated alkanes) is 3. The summed E-state index contributed by atoms with van der Waals surface area (Å²) in [5.41, 5.74) is -0.0259. The molecule has 0 saturated carbocycles. The average molecular weight is 366 g/mol. The van der Waals surface area contributed by atoms with Crippen LogP contribution in [0.1, 0.15) is 56.3 Å². The van der Waals surface area contributed by atoms with Gasteiger partial charge in [0.25, 0.3) is 0 Å². The Morgan fingerprint density at radius 1 is 1.23 bits per heavy atom. The van der Waals surface area contributed by atoms with Gasteiger partial charge in [0.2, 0.25) is 0 Å². The molecule has 0 spiro atoms. The Morgan fingerprint density at radius 2 is 2.12 bits per heavy atom. The number of hydrogen-bond donors (Lipinski definition) is 0. The highest BCUT2D eigenvalue weighted by Crippen LogP contribution is 2.18. The summed E-state index contributed by atoms with van der Waals surface area (Å²) in [4.78, 5) is 12.0. The first kappa shape index (κ1) is 20.7. The Labute approximate surface area is 155 Å². The molecule has 1 aromatic heterocycles. The lowest BCUT2D eigenvalue weighted by Gasteiger charge is -2.22. The molecule has 1 aliphatic heterocycles. The summed E-state index contributed by atoms with van der Waals surface area (Å²) in [6.07, 6.45) is 11.3. The van der Waals surface area contributed by atoms with E-state index in [0.717, 1.165) is 51.7 Å². The van der Waals surface area contributed by atoms with Gasteiger partial charge in [-0.15, -0.1) is 0 Å². The maximum atomic E-state index is 12.0. The Morgan fingerprint density at radius 3 is 2.85 bits per heavy atom. The Bertz CT molecular complexity index is 601. The molecule has 1 aliphatic rings. The topological polar surface area (TPSA) is 67.1 Å². The summed E-state index contributed by atoms with van der Waals surface area (Å²) in [5.74, 6) is 0.981. The fourth-order valence-corrected chi connectivity index (χ4v) is 2.85. The molecule has 146 valence electrons. The molecule has 6 heteroatoms. The van der Waals surface area contributed by atoms with Crippen molar-refractivity contribution in [3.05, 3.63) is 33.9 Å². The van der Waals surface area contributed by atoms with Crippen LogP contribution in [0.15, 0.2) is 21.4 Å². The van der Waals surface area contributed by atoms with Gasteiger partial charge in [0.05, 0.1) is 13.7 Å². The molecule has 0 aliphatic carbocycles. The molecule has 6 nitrogen and oxygen atoms in total. The van der Waals surface area contributed by atoms with Crippen LogP contribution in [0.5, 0.6) is 5.75 Å². The molecule has 0 aromatic carbocycles. The lowest BCUT2D eigenvalue weighted by Crippen LogP contribution is -2.22. The highest BCUT2D eigenvalue weighted by molar-refractivity contribution is 5.46. The van der Waals surface area contributed by atoms with E-state index in [4.69, 9.17) is 23.4 Å². The van der Waals surface area contributed by atoms with Crippen molar-refractivity contribution < 1.29 is 23.4 Å². The summed E-state index contributed by atoms with van der Waals surface area (Å²) in [5, 5.41) is 0. The van der Waals surface area contributed by atoms with Crippen molar-refractivity contribution in [1.29, 1.82) is 0 Å². The molecule has 0 bridgehead atoms. The smallest absolute Gasteiger partial charge is 0.345 e. The molecule has 0 amide bonds. The van der Waals surface area contributed by atoms with Crippen LogP contribution in [-0.4, -0.2) is 33.7 Å². The first-order chi connectivity index (χ1) is 12.7. The standard InChI is InChI=1S/C20H30O6/c1-22-15-17-18(23-2)14-16(26-20(17)21)10-6-4-3-5-8-12-24-19-11-7-9-13-25-19/h6,10,14,19H,3-5,7-9,11-13,15H2,1-2H3/b10-6+. The second-order valence-electron chi connectivity index (χ2n) is 6.33. The van der Waals surface area contributed by atoms with Crippen molar-refractivity contribution in [3.8, 4) is 5.75 Å². The van der Waals surface area contributed by atoms with Crippen LogP contribution in [0.3, 0.4) is 0 Å². The van der Waals surface area contributed by atoms with Gasteiger partial charge in [0.1, 0.15) is 17.1 Å². The monoisotopic (exact) mass is 366 g/mol. The molecule has 1 atom stereocenters. The number of allylic oxidation sites excluding steroid dienone is 1. The van der Waals surface area contributed by atoms with Gasteiger partial charge in [-0.1, -0.05) is 12.5 Å². The number of ether oxygens (including phenoxy) is 4. The molecule has 1 fully saturated rings. The Balaban J connectivity index is 1.66. The molecule has 0 radical (unpaired) electrons. The highest BCUT2D eigenvalue weighted by atomic mass is 16.7. The molecule has 1 aromatic rings. The zero-order valence-electron chi connectivity index (χ0n) is 15.8. The van der Waals surface area contributed by atoms with Crippen LogP contribution in [0, 0.1) is 0 Å². The minimum absolute atomic E-state index is 0.00241. The van der Waals surface area contributed by atoms with Crippen molar-refractivity contribution in [2.45, 2.75) is 57.8 Å². The van der Waals surface area contributed by atoms with E-state index in [0.29, 0.717) is 17.1 Å². The molecule has 2 rings (SSSR count). The molecular weight excluding hydrogens is 336 g/mol. The Kier molecular flexibility index (Phi) is 9.45. The molecule has 0 N–H and O–H groups in total.